The fraction of sp³-hybridized carbons (Fsp3) is 0.600. The second-order valence-electron chi connectivity index (χ2n) is 7.86. The lowest BCUT2D eigenvalue weighted by Crippen LogP contribution is -2.39. The molecule has 2 aromatic rings. The highest BCUT2D eigenvalue weighted by atomic mass is 35.5. The summed E-state index contributed by atoms with van der Waals surface area (Å²) in [5, 5.41) is 4.76. The van der Waals surface area contributed by atoms with E-state index >= 15 is 0 Å². The summed E-state index contributed by atoms with van der Waals surface area (Å²) in [6.45, 7) is 10.00. The Kier molecular flexibility index (Phi) is 6.68. The van der Waals surface area contributed by atoms with Crippen molar-refractivity contribution in [1.29, 1.82) is 0 Å². The molecule has 1 aliphatic heterocycles. The van der Waals surface area contributed by atoms with Crippen LogP contribution in [0, 0.1) is 11.8 Å². The van der Waals surface area contributed by atoms with Crippen molar-refractivity contribution in [2.24, 2.45) is 11.8 Å². The first-order valence-electron chi connectivity index (χ1n) is 9.49. The summed E-state index contributed by atoms with van der Waals surface area (Å²) in [6.07, 6.45) is 2.54. The molecule has 0 bridgehead atoms. The van der Waals surface area contributed by atoms with E-state index in [1.54, 1.807) is 0 Å². The van der Waals surface area contributed by atoms with Gasteiger partial charge in [0.1, 0.15) is 0 Å². The normalized spacial score (nSPS) is 16.7. The van der Waals surface area contributed by atoms with Crippen LogP contribution >= 0.6 is 11.6 Å². The zero-order valence-corrected chi connectivity index (χ0v) is 16.7. The van der Waals surface area contributed by atoms with Crippen LogP contribution in [0.5, 0.6) is 0 Å². The Labute approximate surface area is 161 Å². The summed E-state index contributed by atoms with van der Waals surface area (Å²) in [5.74, 6) is 2.75. The van der Waals surface area contributed by atoms with Gasteiger partial charge in [0.25, 0.3) is 0 Å². The molecule has 0 saturated carbocycles. The van der Waals surface area contributed by atoms with Crippen LogP contribution in [-0.4, -0.2) is 53.2 Å². The third kappa shape index (κ3) is 5.53. The molecule has 0 N–H and O–H groups in total. The predicted octanol–water partition coefficient (Wildman–Crippen LogP) is 4.19. The first-order valence-corrected chi connectivity index (χ1v) is 9.87. The molecule has 5 nitrogen and oxygen atoms in total. The number of nitrogens with zero attached hydrogens (tertiary/aromatic N) is 4. The standard InChI is InChI=1S/C20H29ClN4O/c1-15(2)12-25-9-7-16(8-10-25)13-24(3)14-19-22-20(23-26-19)17-5-4-6-18(21)11-17/h4-6,11,15-16H,7-10,12-14H2,1-3H3. The molecule has 1 aliphatic rings. The molecule has 0 amide bonds. The monoisotopic (exact) mass is 376 g/mol. The Balaban J connectivity index is 1.48. The molecule has 0 radical (unpaired) electrons. The maximum Gasteiger partial charge on any atom is 0.241 e. The van der Waals surface area contributed by atoms with Crippen LogP contribution < -0.4 is 0 Å². The average molecular weight is 377 g/mol. The summed E-state index contributed by atoms with van der Waals surface area (Å²) in [4.78, 5) is 9.40. The molecule has 3 rings (SSSR count). The topological polar surface area (TPSA) is 45.4 Å². The lowest BCUT2D eigenvalue weighted by molar-refractivity contribution is 0.137. The Morgan fingerprint density at radius 3 is 2.77 bits per heavy atom. The van der Waals surface area contributed by atoms with E-state index in [0.29, 0.717) is 23.3 Å². The van der Waals surface area contributed by atoms with Crippen molar-refractivity contribution in [3.63, 3.8) is 0 Å². The van der Waals surface area contributed by atoms with E-state index in [1.165, 1.54) is 32.5 Å². The van der Waals surface area contributed by atoms with Crippen molar-refractivity contribution < 1.29 is 4.52 Å². The van der Waals surface area contributed by atoms with Gasteiger partial charge in [-0.05, 0) is 56.9 Å². The molecule has 1 aromatic heterocycles. The third-order valence-electron chi connectivity index (χ3n) is 4.86. The number of benzene rings is 1. The molecular weight excluding hydrogens is 348 g/mol. The van der Waals surface area contributed by atoms with E-state index < -0.39 is 0 Å². The lowest BCUT2D eigenvalue weighted by Gasteiger charge is -2.34. The highest BCUT2D eigenvalue weighted by Gasteiger charge is 2.21. The fourth-order valence-corrected chi connectivity index (χ4v) is 3.86. The molecule has 0 atom stereocenters. The van der Waals surface area contributed by atoms with Crippen molar-refractivity contribution in [1.82, 2.24) is 19.9 Å². The minimum atomic E-state index is 0.595. The van der Waals surface area contributed by atoms with Crippen LogP contribution in [0.2, 0.25) is 5.02 Å². The molecule has 2 heterocycles. The molecule has 26 heavy (non-hydrogen) atoms. The van der Waals surface area contributed by atoms with Crippen molar-refractivity contribution in [2.45, 2.75) is 33.2 Å². The summed E-state index contributed by atoms with van der Waals surface area (Å²) in [5.41, 5.74) is 0.882. The second kappa shape index (κ2) is 8.98. The summed E-state index contributed by atoms with van der Waals surface area (Å²) >= 11 is 6.03. The van der Waals surface area contributed by atoms with Crippen molar-refractivity contribution in [2.75, 3.05) is 33.2 Å². The van der Waals surface area contributed by atoms with Crippen molar-refractivity contribution in [3.05, 3.63) is 35.2 Å². The van der Waals surface area contributed by atoms with Gasteiger partial charge in [-0.2, -0.15) is 4.98 Å². The van der Waals surface area contributed by atoms with Gasteiger partial charge in [-0.1, -0.05) is 42.7 Å². The van der Waals surface area contributed by atoms with E-state index in [1.807, 2.05) is 24.3 Å². The highest BCUT2D eigenvalue weighted by Crippen LogP contribution is 2.22. The molecule has 0 unspecified atom stereocenters. The van der Waals surface area contributed by atoms with Crippen molar-refractivity contribution in [3.8, 4) is 11.4 Å². The Morgan fingerprint density at radius 1 is 1.31 bits per heavy atom. The van der Waals surface area contributed by atoms with Gasteiger partial charge >= 0.3 is 0 Å². The van der Waals surface area contributed by atoms with Gasteiger partial charge in [0.2, 0.25) is 11.7 Å². The number of hydrogen-bond acceptors (Lipinski definition) is 5. The van der Waals surface area contributed by atoms with Gasteiger partial charge in [-0.3, -0.25) is 4.90 Å². The van der Waals surface area contributed by atoms with Crippen LogP contribution in [0.1, 0.15) is 32.6 Å². The summed E-state index contributed by atoms with van der Waals surface area (Å²) < 4.78 is 5.43. The molecule has 142 valence electrons. The molecule has 6 heteroatoms. The first kappa shape index (κ1) is 19.3. The van der Waals surface area contributed by atoms with E-state index in [-0.39, 0.29) is 0 Å². The number of likely N-dealkylation sites (tertiary alicyclic amines) is 1. The van der Waals surface area contributed by atoms with Gasteiger partial charge < -0.3 is 9.42 Å². The highest BCUT2D eigenvalue weighted by molar-refractivity contribution is 6.30. The molecular formula is C20H29ClN4O. The van der Waals surface area contributed by atoms with E-state index in [4.69, 9.17) is 16.1 Å². The zero-order chi connectivity index (χ0) is 18.5. The average Bonchev–Trinajstić information content (AvgIpc) is 3.04. The number of rotatable bonds is 7. The number of hydrogen-bond donors (Lipinski definition) is 0. The Bertz CT molecular complexity index is 695. The molecule has 1 saturated heterocycles. The largest absolute Gasteiger partial charge is 0.338 e. The lowest BCUT2D eigenvalue weighted by atomic mass is 9.95. The van der Waals surface area contributed by atoms with Gasteiger partial charge in [0, 0.05) is 23.7 Å². The molecule has 0 aliphatic carbocycles. The minimum Gasteiger partial charge on any atom is -0.338 e. The van der Waals surface area contributed by atoms with E-state index in [2.05, 4.69) is 40.8 Å². The second-order valence-corrected chi connectivity index (χ2v) is 8.29. The van der Waals surface area contributed by atoms with Crippen LogP contribution in [0.25, 0.3) is 11.4 Å². The SMILES string of the molecule is CC(C)CN1CCC(CN(C)Cc2nc(-c3cccc(Cl)c3)no2)CC1. The molecule has 1 fully saturated rings. The quantitative estimate of drug-likeness (QED) is 0.725. The van der Waals surface area contributed by atoms with Crippen LogP contribution in [0.3, 0.4) is 0 Å². The Hall–Kier alpha value is -1.43. The number of halogens is 1. The minimum absolute atomic E-state index is 0.595. The van der Waals surface area contributed by atoms with E-state index in [9.17, 15) is 0 Å². The smallest absolute Gasteiger partial charge is 0.241 e. The zero-order valence-electron chi connectivity index (χ0n) is 16.0. The number of aromatic nitrogens is 2. The fourth-order valence-electron chi connectivity index (χ4n) is 3.67. The van der Waals surface area contributed by atoms with Crippen LogP contribution in [0.15, 0.2) is 28.8 Å². The Morgan fingerprint density at radius 2 is 2.08 bits per heavy atom. The number of piperidine rings is 1. The predicted molar refractivity (Wildman–Crippen MR) is 105 cm³/mol. The van der Waals surface area contributed by atoms with Crippen LogP contribution in [-0.2, 0) is 6.54 Å². The maximum atomic E-state index is 6.03. The maximum absolute atomic E-state index is 6.03. The van der Waals surface area contributed by atoms with Gasteiger partial charge in [0.15, 0.2) is 0 Å². The molecule has 0 spiro atoms. The van der Waals surface area contributed by atoms with Gasteiger partial charge in [-0.25, -0.2) is 0 Å². The van der Waals surface area contributed by atoms with Gasteiger partial charge in [0.05, 0.1) is 6.54 Å². The van der Waals surface area contributed by atoms with E-state index in [0.717, 1.165) is 23.9 Å². The summed E-state index contributed by atoms with van der Waals surface area (Å²) in [6, 6.07) is 7.53. The first-order chi connectivity index (χ1) is 12.5. The molecule has 1 aromatic carbocycles. The van der Waals surface area contributed by atoms with Gasteiger partial charge in [-0.15, -0.1) is 0 Å². The van der Waals surface area contributed by atoms with Crippen LogP contribution in [0.4, 0.5) is 0 Å². The van der Waals surface area contributed by atoms with Crippen molar-refractivity contribution >= 4 is 11.6 Å². The third-order valence-corrected chi connectivity index (χ3v) is 5.09. The summed E-state index contributed by atoms with van der Waals surface area (Å²) in [7, 11) is 2.13.